The smallest absolute Gasteiger partial charge is 0.268 e. The predicted molar refractivity (Wildman–Crippen MR) is 302 cm³/mol. The third-order valence-corrected chi connectivity index (χ3v) is 13.6. The van der Waals surface area contributed by atoms with Crippen molar-refractivity contribution in [2.45, 2.75) is 92.3 Å². The number of para-hydroxylation sites is 1. The topological polar surface area (TPSA) is 35.9 Å². The Bertz CT molecular complexity index is 4400. The molecule has 0 aliphatic heterocycles. The van der Waals surface area contributed by atoms with E-state index in [9.17, 15) is 0 Å². The summed E-state index contributed by atoms with van der Waals surface area (Å²) in [6, 6.07) is 48.3. The van der Waals surface area contributed by atoms with E-state index in [2.05, 4.69) is 116 Å². The van der Waals surface area contributed by atoms with E-state index >= 15 is 0 Å². The number of hydrogen-bond donors (Lipinski definition) is 0. The summed E-state index contributed by atoms with van der Waals surface area (Å²) in [4.78, 5) is 4.85. The summed E-state index contributed by atoms with van der Waals surface area (Å²) in [7, 11) is 0. The molecule has 0 fully saturated rings. The van der Waals surface area contributed by atoms with Gasteiger partial charge in [-0.05, 0) is 133 Å². The quantitative estimate of drug-likeness (QED) is 0.112. The van der Waals surface area contributed by atoms with Gasteiger partial charge in [-0.3, -0.25) is 4.57 Å². The fraction of sp³-hybridized carbons (Fsp3) is 0.206. The molecule has 11 aromatic rings. The van der Waals surface area contributed by atoms with Crippen LogP contribution >= 0.6 is 0 Å². The molecule has 0 amide bonds. The van der Waals surface area contributed by atoms with Crippen molar-refractivity contribution in [3.8, 4) is 62.1 Å². The number of nitrogens with zero attached hydrogens (tertiary/aromatic N) is 4. The van der Waals surface area contributed by atoms with E-state index in [0.29, 0.717) is 50.6 Å². The van der Waals surface area contributed by atoms with E-state index in [-0.39, 0.29) is 66.2 Å². The number of aryl methyl sites for hydroxylation is 2. The molecule has 0 radical (unpaired) electrons. The third kappa shape index (κ3) is 9.32. The summed E-state index contributed by atoms with van der Waals surface area (Å²) in [6.07, 6.45) is 5.52. The van der Waals surface area contributed by atoms with Crippen LogP contribution in [0, 0.1) is 32.2 Å². The fourth-order valence-electron chi connectivity index (χ4n) is 9.75. The zero-order chi connectivity index (χ0) is 60.3. The Labute approximate surface area is 466 Å². The van der Waals surface area contributed by atoms with Crippen molar-refractivity contribution >= 4 is 32.8 Å². The maximum Gasteiger partial charge on any atom is 0.268 e. The SMILES string of the molecule is [2H]c1c([2H])c([2H])c(-c2cc(-c3cccc(C(C)(C)C)c3)c(-[n+]3[c-]n(-c4[c-]c(Oc5[c-]c6c(cc5)c5ccccc5n6-c5cc(C(C)(C)C)ccn5)ccc4)c4cc(-c5c(C([2H])([2H])[2H])cccc5C([2H])([2H])[2H])ccc43)c(C(C)(C)C)c2)c([2H])c1[2H].[Pt]. The van der Waals surface area contributed by atoms with Gasteiger partial charge in [0.2, 0.25) is 0 Å². The van der Waals surface area contributed by atoms with Gasteiger partial charge in [0.1, 0.15) is 5.82 Å². The summed E-state index contributed by atoms with van der Waals surface area (Å²) in [5, 5.41) is 2.00. The minimum absolute atomic E-state index is 0. The molecule has 0 N–H and O–H groups in total. The normalized spacial score (nSPS) is 14.6. The van der Waals surface area contributed by atoms with E-state index in [1.54, 1.807) is 22.8 Å². The summed E-state index contributed by atoms with van der Waals surface area (Å²) >= 11 is 0. The number of pyridine rings is 1. The molecule has 0 spiro atoms. The van der Waals surface area contributed by atoms with Crippen LogP contribution in [-0.2, 0) is 37.3 Å². The molecule has 5 nitrogen and oxygen atoms in total. The van der Waals surface area contributed by atoms with Gasteiger partial charge in [-0.1, -0.05) is 177 Å². The van der Waals surface area contributed by atoms with Gasteiger partial charge in [0.05, 0.1) is 23.6 Å². The molecule has 0 aliphatic rings. The number of fused-ring (bicyclic) bond motifs is 4. The first-order valence-electron chi connectivity index (χ1n) is 30.0. The van der Waals surface area contributed by atoms with Gasteiger partial charge in [0.25, 0.3) is 6.33 Å². The van der Waals surface area contributed by atoms with Crippen molar-refractivity contribution in [1.29, 1.82) is 0 Å². The Morgan fingerprint density at radius 3 is 2.04 bits per heavy atom. The second-order valence-corrected chi connectivity index (χ2v) is 21.8. The molecule has 11 rings (SSSR count). The Morgan fingerprint density at radius 2 is 1.30 bits per heavy atom. The van der Waals surface area contributed by atoms with Crippen LogP contribution in [0.15, 0.2) is 176 Å². The van der Waals surface area contributed by atoms with Crippen LogP contribution in [0.4, 0.5) is 0 Å². The number of ether oxygens (including phenoxy) is 1. The molecule has 3 heterocycles. The van der Waals surface area contributed by atoms with Gasteiger partial charge in [-0.25, -0.2) is 4.98 Å². The molecule has 6 heteroatoms. The third-order valence-electron chi connectivity index (χ3n) is 13.6. The zero-order valence-corrected chi connectivity index (χ0v) is 45.1. The first-order chi connectivity index (χ1) is 39.4. The van der Waals surface area contributed by atoms with E-state index in [0.717, 1.165) is 49.9 Å². The Balaban J connectivity index is 0.00000803. The maximum atomic E-state index is 9.15. The van der Waals surface area contributed by atoms with Gasteiger partial charge in [0.15, 0.2) is 0 Å². The van der Waals surface area contributed by atoms with Crippen LogP contribution in [0.1, 0.15) is 105 Å². The molecule has 372 valence electrons. The second-order valence-electron chi connectivity index (χ2n) is 21.8. The Hall–Kier alpha value is -7.33. The van der Waals surface area contributed by atoms with Crippen LogP contribution < -0.4 is 9.30 Å². The summed E-state index contributed by atoms with van der Waals surface area (Å²) in [5.74, 6) is 1.50. The summed E-state index contributed by atoms with van der Waals surface area (Å²) in [6.45, 7) is 13.7. The van der Waals surface area contributed by atoms with Crippen LogP contribution in [0.3, 0.4) is 0 Å². The van der Waals surface area contributed by atoms with Gasteiger partial charge in [-0.15, -0.1) is 29.7 Å². The van der Waals surface area contributed by atoms with Crippen molar-refractivity contribution in [2.24, 2.45) is 0 Å². The zero-order valence-electron chi connectivity index (χ0n) is 53.9. The van der Waals surface area contributed by atoms with E-state index in [4.69, 9.17) is 24.8 Å². The molecule has 8 aromatic carbocycles. The van der Waals surface area contributed by atoms with Gasteiger partial charge < -0.3 is 13.9 Å². The van der Waals surface area contributed by atoms with Gasteiger partial charge in [-0.2, -0.15) is 18.2 Å². The van der Waals surface area contributed by atoms with Crippen molar-refractivity contribution in [3.05, 3.63) is 222 Å². The molecule has 74 heavy (non-hydrogen) atoms. The van der Waals surface area contributed by atoms with Crippen molar-refractivity contribution in [2.75, 3.05) is 0 Å². The largest absolute Gasteiger partial charge is 0.510 e. The average molecular weight is 1160 g/mol. The van der Waals surface area contributed by atoms with E-state index < -0.39 is 37.2 Å². The molecular weight excluding hydrogens is 1080 g/mol. The minimum atomic E-state index is -2.68. The molecule has 0 atom stereocenters. The Morgan fingerprint density at radius 1 is 0.581 bits per heavy atom. The number of benzene rings is 8. The first kappa shape index (κ1) is 38.3. The molecule has 0 aliphatic carbocycles. The maximum absolute atomic E-state index is 9.15. The fourth-order valence-corrected chi connectivity index (χ4v) is 9.75. The second kappa shape index (κ2) is 19.2. The van der Waals surface area contributed by atoms with Crippen LogP contribution in [-0.4, -0.2) is 14.1 Å². The Kier molecular flexibility index (Phi) is 9.92. The van der Waals surface area contributed by atoms with Crippen LogP contribution in [0.25, 0.3) is 83.4 Å². The number of hydrogen-bond acceptors (Lipinski definition) is 2. The van der Waals surface area contributed by atoms with Gasteiger partial charge >= 0.3 is 0 Å². The number of rotatable bonds is 8. The summed E-state index contributed by atoms with van der Waals surface area (Å²) in [5.41, 5.74) is 7.91. The standard InChI is InChI=1S/C68H62N4O.Pt/c1-44-20-17-21-45(2)64(44)48-30-33-60-62(39-48)70(43-71(60)65-57(47-24-18-25-50(36-47)66(3,4)5)37-49(38-58(65)68(9,10)11)46-22-13-12-14-23-46)52-26-19-27-53(41-52)73-54-31-32-56-55-28-15-16-29-59(55)72(61(56)42-54)63-40-51(34-35-69-63)67(6,7)8;/h12-40H,1-11H3;/q-2;/i1D3,2D3,12D,13D,14D,22D,23D;. The average Bonchev–Trinajstić information content (AvgIpc) is 1.80. The van der Waals surface area contributed by atoms with Crippen LogP contribution in [0.2, 0.25) is 0 Å². The first-order valence-corrected chi connectivity index (χ1v) is 24.5. The van der Waals surface area contributed by atoms with Crippen molar-refractivity contribution in [3.63, 3.8) is 0 Å². The monoisotopic (exact) mass is 1160 g/mol. The predicted octanol–water partition coefficient (Wildman–Crippen LogP) is 17.1. The van der Waals surface area contributed by atoms with Crippen molar-refractivity contribution < 1.29 is 45.4 Å². The summed E-state index contributed by atoms with van der Waals surface area (Å²) < 4.78 is 108. The molecule has 0 bridgehead atoms. The van der Waals surface area contributed by atoms with E-state index in [1.807, 2.05) is 83.6 Å². The molecule has 0 saturated carbocycles. The number of imidazole rings is 1. The molecule has 0 unspecified atom stereocenters. The molecule has 3 aromatic heterocycles. The van der Waals surface area contributed by atoms with Gasteiger partial charge in [0, 0.05) is 52.5 Å². The number of aromatic nitrogens is 4. The minimum Gasteiger partial charge on any atom is -0.510 e. The molecular formula is C68H62N4OPt-2. The van der Waals surface area contributed by atoms with E-state index in [1.165, 1.54) is 18.2 Å². The van der Waals surface area contributed by atoms with Crippen LogP contribution in [0.5, 0.6) is 11.5 Å². The molecule has 0 saturated heterocycles. The van der Waals surface area contributed by atoms with Crippen molar-refractivity contribution in [1.82, 2.24) is 14.1 Å².